The monoisotopic (exact) mass is 282 g/mol. The minimum Gasteiger partial charge on any atom is -0.353 e. The molecule has 1 fully saturated rings. The molecule has 0 spiro atoms. The molecule has 1 aliphatic rings. The Morgan fingerprint density at radius 2 is 2.05 bits per heavy atom. The van der Waals surface area contributed by atoms with Crippen LogP contribution in [0.2, 0.25) is 0 Å². The van der Waals surface area contributed by atoms with Crippen molar-refractivity contribution in [2.75, 3.05) is 18.4 Å². The molecule has 1 aromatic carbocycles. The molecule has 0 aliphatic carbocycles. The number of benzene rings is 1. The summed E-state index contributed by atoms with van der Waals surface area (Å²) in [5.41, 5.74) is 3.23. The standard InChI is InChI=1S/C17H22N4/c1-3-21-11-7-10-16(21)18-15-12-13(2)17(20-19-15)14-8-5-4-6-9-14/h4-6,8-9,12,16H,3,7,10-11H2,1-2H3,(H,18,19). The zero-order chi connectivity index (χ0) is 14.7. The number of likely N-dealkylation sites (tertiary alicyclic amines) is 1. The summed E-state index contributed by atoms with van der Waals surface area (Å²) in [7, 11) is 0. The van der Waals surface area contributed by atoms with Crippen LogP contribution in [0.4, 0.5) is 5.82 Å². The van der Waals surface area contributed by atoms with Gasteiger partial charge in [-0.2, -0.15) is 0 Å². The number of hydrogen-bond donors (Lipinski definition) is 1. The molecule has 4 heteroatoms. The number of nitrogens with one attached hydrogen (secondary N) is 1. The van der Waals surface area contributed by atoms with Gasteiger partial charge in [0.05, 0.1) is 11.9 Å². The van der Waals surface area contributed by atoms with Crippen LogP contribution < -0.4 is 5.32 Å². The number of rotatable bonds is 4. The Hall–Kier alpha value is -1.94. The van der Waals surface area contributed by atoms with Gasteiger partial charge in [-0.3, -0.25) is 4.90 Å². The van der Waals surface area contributed by atoms with E-state index in [1.807, 2.05) is 18.2 Å². The fourth-order valence-electron chi connectivity index (χ4n) is 2.98. The van der Waals surface area contributed by atoms with Crippen LogP contribution in [-0.4, -0.2) is 34.4 Å². The summed E-state index contributed by atoms with van der Waals surface area (Å²) in [4.78, 5) is 2.45. The van der Waals surface area contributed by atoms with E-state index in [4.69, 9.17) is 0 Å². The van der Waals surface area contributed by atoms with Gasteiger partial charge in [0.1, 0.15) is 5.82 Å². The Morgan fingerprint density at radius 1 is 1.24 bits per heavy atom. The Morgan fingerprint density at radius 3 is 2.76 bits per heavy atom. The molecule has 2 heterocycles. The second-order valence-electron chi connectivity index (χ2n) is 5.56. The van der Waals surface area contributed by atoms with E-state index in [9.17, 15) is 0 Å². The van der Waals surface area contributed by atoms with Gasteiger partial charge < -0.3 is 5.32 Å². The summed E-state index contributed by atoms with van der Waals surface area (Å²) in [6.45, 7) is 6.54. The van der Waals surface area contributed by atoms with Gasteiger partial charge in [0.15, 0.2) is 0 Å². The third-order valence-electron chi connectivity index (χ3n) is 4.12. The topological polar surface area (TPSA) is 41.0 Å². The van der Waals surface area contributed by atoms with Gasteiger partial charge in [-0.1, -0.05) is 37.3 Å². The van der Waals surface area contributed by atoms with Crippen molar-refractivity contribution < 1.29 is 0 Å². The minimum absolute atomic E-state index is 0.395. The first-order valence-corrected chi connectivity index (χ1v) is 7.68. The second kappa shape index (κ2) is 6.22. The fourth-order valence-corrected chi connectivity index (χ4v) is 2.98. The fraction of sp³-hybridized carbons (Fsp3) is 0.412. The highest BCUT2D eigenvalue weighted by molar-refractivity contribution is 5.63. The van der Waals surface area contributed by atoms with Gasteiger partial charge in [-0.05, 0) is 37.9 Å². The van der Waals surface area contributed by atoms with Crippen molar-refractivity contribution in [3.8, 4) is 11.3 Å². The molecule has 0 bridgehead atoms. The highest BCUT2D eigenvalue weighted by Gasteiger charge is 2.23. The molecule has 1 saturated heterocycles. The molecular formula is C17H22N4. The van der Waals surface area contributed by atoms with Crippen molar-refractivity contribution >= 4 is 5.82 Å². The molecule has 0 saturated carbocycles. The summed E-state index contributed by atoms with van der Waals surface area (Å²) in [5, 5.41) is 12.3. The van der Waals surface area contributed by atoms with Gasteiger partial charge in [0, 0.05) is 12.1 Å². The van der Waals surface area contributed by atoms with E-state index in [1.54, 1.807) is 0 Å². The predicted octanol–water partition coefficient (Wildman–Crippen LogP) is 3.31. The van der Waals surface area contributed by atoms with E-state index in [0.717, 1.165) is 29.2 Å². The maximum absolute atomic E-state index is 4.41. The second-order valence-corrected chi connectivity index (χ2v) is 5.56. The number of anilines is 1. The average Bonchev–Trinajstić information content (AvgIpc) is 2.95. The zero-order valence-corrected chi connectivity index (χ0v) is 12.7. The quantitative estimate of drug-likeness (QED) is 0.934. The summed E-state index contributed by atoms with van der Waals surface area (Å²) < 4.78 is 0. The van der Waals surface area contributed by atoms with Crippen molar-refractivity contribution in [1.82, 2.24) is 15.1 Å². The maximum atomic E-state index is 4.41. The number of aromatic nitrogens is 2. The highest BCUT2D eigenvalue weighted by atomic mass is 15.3. The van der Waals surface area contributed by atoms with E-state index in [2.05, 4.69) is 52.5 Å². The summed E-state index contributed by atoms with van der Waals surface area (Å²) >= 11 is 0. The number of hydrogen-bond acceptors (Lipinski definition) is 4. The Bertz CT molecular complexity index is 597. The van der Waals surface area contributed by atoms with E-state index < -0.39 is 0 Å². The average molecular weight is 282 g/mol. The first-order chi connectivity index (χ1) is 10.3. The molecule has 110 valence electrons. The molecular weight excluding hydrogens is 260 g/mol. The summed E-state index contributed by atoms with van der Waals surface area (Å²) in [6.07, 6.45) is 2.82. The van der Waals surface area contributed by atoms with Crippen molar-refractivity contribution in [2.45, 2.75) is 32.9 Å². The lowest BCUT2D eigenvalue weighted by molar-refractivity contribution is 0.290. The first kappa shape index (κ1) is 14.0. The third kappa shape index (κ3) is 3.05. The van der Waals surface area contributed by atoms with Crippen LogP contribution in [0.3, 0.4) is 0 Å². The zero-order valence-electron chi connectivity index (χ0n) is 12.7. The predicted molar refractivity (Wildman–Crippen MR) is 86.1 cm³/mol. The van der Waals surface area contributed by atoms with Crippen LogP contribution in [0, 0.1) is 6.92 Å². The lowest BCUT2D eigenvalue weighted by Crippen LogP contribution is -2.35. The summed E-state index contributed by atoms with van der Waals surface area (Å²) in [6, 6.07) is 12.3. The van der Waals surface area contributed by atoms with Crippen molar-refractivity contribution in [3.05, 3.63) is 42.0 Å². The van der Waals surface area contributed by atoms with Crippen LogP contribution in [0.1, 0.15) is 25.3 Å². The Kier molecular flexibility index (Phi) is 4.15. The van der Waals surface area contributed by atoms with Crippen molar-refractivity contribution in [1.29, 1.82) is 0 Å². The van der Waals surface area contributed by atoms with E-state index in [-0.39, 0.29) is 0 Å². The lowest BCUT2D eigenvalue weighted by atomic mass is 10.1. The number of nitrogens with zero attached hydrogens (tertiary/aromatic N) is 3. The van der Waals surface area contributed by atoms with Gasteiger partial charge in [0.25, 0.3) is 0 Å². The molecule has 0 radical (unpaired) electrons. The third-order valence-corrected chi connectivity index (χ3v) is 4.12. The minimum atomic E-state index is 0.395. The Labute approximate surface area is 126 Å². The van der Waals surface area contributed by atoms with Crippen molar-refractivity contribution in [2.24, 2.45) is 0 Å². The maximum Gasteiger partial charge on any atom is 0.150 e. The molecule has 2 aromatic rings. The molecule has 0 amide bonds. The lowest BCUT2D eigenvalue weighted by Gasteiger charge is -2.24. The molecule has 1 aromatic heterocycles. The largest absolute Gasteiger partial charge is 0.353 e. The van der Waals surface area contributed by atoms with Crippen LogP contribution in [0.5, 0.6) is 0 Å². The van der Waals surface area contributed by atoms with Crippen LogP contribution in [-0.2, 0) is 0 Å². The van der Waals surface area contributed by atoms with Crippen molar-refractivity contribution in [3.63, 3.8) is 0 Å². The van der Waals surface area contributed by atoms with E-state index >= 15 is 0 Å². The molecule has 1 unspecified atom stereocenters. The first-order valence-electron chi connectivity index (χ1n) is 7.68. The molecule has 1 atom stereocenters. The van der Waals surface area contributed by atoms with E-state index in [1.165, 1.54) is 19.4 Å². The Balaban J connectivity index is 1.78. The smallest absolute Gasteiger partial charge is 0.150 e. The van der Waals surface area contributed by atoms with Gasteiger partial charge >= 0.3 is 0 Å². The molecule has 1 aliphatic heterocycles. The molecule has 21 heavy (non-hydrogen) atoms. The molecule has 1 N–H and O–H groups in total. The SMILES string of the molecule is CCN1CCCC1Nc1cc(C)c(-c2ccccc2)nn1. The van der Waals surface area contributed by atoms with Gasteiger partial charge in [-0.25, -0.2) is 0 Å². The van der Waals surface area contributed by atoms with Crippen LogP contribution in [0.15, 0.2) is 36.4 Å². The van der Waals surface area contributed by atoms with Gasteiger partial charge in [-0.15, -0.1) is 10.2 Å². The van der Waals surface area contributed by atoms with E-state index in [0.29, 0.717) is 6.17 Å². The van der Waals surface area contributed by atoms with Crippen LogP contribution in [0.25, 0.3) is 11.3 Å². The van der Waals surface area contributed by atoms with Gasteiger partial charge in [0.2, 0.25) is 0 Å². The highest BCUT2D eigenvalue weighted by Crippen LogP contribution is 2.23. The normalized spacial score (nSPS) is 18.9. The molecule has 3 rings (SSSR count). The summed E-state index contributed by atoms with van der Waals surface area (Å²) in [5.74, 6) is 0.873. The van der Waals surface area contributed by atoms with Crippen LogP contribution >= 0.6 is 0 Å². The number of aryl methyl sites for hydroxylation is 1. The molecule has 4 nitrogen and oxygen atoms in total.